The van der Waals surface area contributed by atoms with Crippen LogP contribution < -0.4 is 10.2 Å². The molecule has 0 aliphatic rings. The first kappa shape index (κ1) is 17.0. The van der Waals surface area contributed by atoms with Gasteiger partial charge in [-0.25, -0.2) is 4.79 Å². The predicted molar refractivity (Wildman–Crippen MR) is 78.6 cm³/mol. The number of nitrogens with one attached hydrogen (secondary N) is 1. The summed E-state index contributed by atoms with van der Waals surface area (Å²) in [7, 11) is 0. The second kappa shape index (κ2) is 7.07. The molecule has 116 valence electrons. The van der Waals surface area contributed by atoms with Crippen LogP contribution in [0.15, 0.2) is 17.5 Å². The summed E-state index contributed by atoms with van der Waals surface area (Å²) >= 11 is 1.31. The standard InChI is InChI=1S/C13H18N2O5S/c1-7(12(17)18)14-11(16)8(2)15(9(3)13(19)20)10-5-4-6-21-10/h4-9H,1-3H3,(H,14,16)(H,17,18)(H,19,20)/t7-,8-,9-/m0/s1. The minimum absolute atomic E-state index is 0.536. The highest BCUT2D eigenvalue weighted by Gasteiger charge is 2.31. The smallest absolute Gasteiger partial charge is 0.326 e. The first-order valence-electron chi connectivity index (χ1n) is 6.33. The van der Waals surface area contributed by atoms with Gasteiger partial charge in [0.05, 0.1) is 5.00 Å². The first-order valence-corrected chi connectivity index (χ1v) is 7.21. The van der Waals surface area contributed by atoms with Crippen molar-refractivity contribution in [1.82, 2.24) is 5.32 Å². The Morgan fingerprint density at radius 1 is 1.14 bits per heavy atom. The SMILES string of the molecule is C[C@H](NC(=O)[C@H](C)N(c1cccs1)[C@@H](C)C(=O)O)C(=O)O. The van der Waals surface area contributed by atoms with Gasteiger partial charge in [-0.1, -0.05) is 0 Å². The molecule has 7 nitrogen and oxygen atoms in total. The van der Waals surface area contributed by atoms with Crippen LogP contribution in [0.4, 0.5) is 5.00 Å². The molecule has 1 amide bonds. The summed E-state index contributed by atoms with van der Waals surface area (Å²) in [6.45, 7) is 4.37. The van der Waals surface area contributed by atoms with E-state index >= 15 is 0 Å². The van der Waals surface area contributed by atoms with Crippen LogP contribution in [-0.4, -0.2) is 46.2 Å². The number of carboxylic acids is 2. The maximum atomic E-state index is 12.1. The summed E-state index contributed by atoms with van der Waals surface area (Å²) in [5.74, 6) is -2.75. The van der Waals surface area contributed by atoms with Gasteiger partial charge in [-0.2, -0.15) is 0 Å². The number of carbonyl (C=O) groups excluding carboxylic acids is 1. The highest BCUT2D eigenvalue weighted by molar-refractivity contribution is 7.14. The molecular weight excluding hydrogens is 296 g/mol. The van der Waals surface area contributed by atoms with Crippen LogP contribution in [0.5, 0.6) is 0 Å². The number of hydrogen-bond acceptors (Lipinski definition) is 5. The molecule has 21 heavy (non-hydrogen) atoms. The van der Waals surface area contributed by atoms with Gasteiger partial charge in [-0.3, -0.25) is 9.59 Å². The van der Waals surface area contributed by atoms with E-state index in [2.05, 4.69) is 5.32 Å². The molecule has 1 rings (SSSR count). The number of carboxylic acid groups (broad SMARTS) is 2. The van der Waals surface area contributed by atoms with E-state index in [9.17, 15) is 19.5 Å². The molecule has 0 bridgehead atoms. The molecule has 0 aliphatic heterocycles. The van der Waals surface area contributed by atoms with Gasteiger partial charge in [0.25, 0.3) is 0 Å². The molecule has 1 aromatic rings. The summed E-state index contributed by atoms with van der Waals surface area (Å²) < 4.78 is 0. The van der Waals surface area contributed by atoms with Gasteiger partial charge in [0.2, 0.25) is 5.91 Å². The number of hydrogen-bond donors (Lipinski definition) is 3. The maximum Gasteiger partial charge on any atom is 0.326 e. The van der Waals surface area contributed by atoms with Crippen molar-refractivity contribution in [3.8, 4) is 0 Å². The van der Waals surface area contributed by atoms with Crippen molar-refractivity contribution in [2.24, 2.45) is 0 Å². The molecule has 0 radical (unpaired) electrons. The average Bonchev–Trinajstić information content (AvgIpc) is 2.91. The van der Waals surface area contributed by atoms with Crippen molar-refractivity contribution in [3.05, 3.63) is 17.5 Å². The molecule has 0 spiro atoms. The van der Waals surface area contributed by atoms with Crippen LogP contribution in [0.2, 0.25) is 0 Å². The number of amides is 1. The second-order valence-corrected chi connectivity index (χ2v) is 5.54. The Morgan fingerprint density at radius 3 is 2.19 bits per heavy atom. The van der Waals surface area contributed by atoms with E-state index in [1.165, 1.54) is 30.1 Å². The summed E-state index contributed by atoms with van der Waals surface area (Å²) in [5.41, 5.74) is 0. The van der Waals surface area contributed by atoms with Crippen LogP contribution in [0.25, 0.3) is 0 Å². The van der Waals surface area contributed by atoms with Crippen LogP contribution in [0.1, 0.15) is 20.8 Å². The zero-order valence-corrected chi connectivity index (χ0v) is 12.8. The Kier molecular flexibility index (Phi) is 5.71. The lowest BCUT2D eigenvalue weighted by Crippen LogP contribution is -2.53. The zero-order valence-electron chi connectivity index (χ0n) is 11.9. The lowest BCUT2D eigenvalue weighted by atomic mass is 10.2. The van der Waals surface area contributed by atoms with E-state index in [4.69, 9.17) is 5.11 Å². The molecule has 1 heterocycles. The van der Waals surface area contributed by atoms with Crippen molar-refractivity contribution in [1.29, 1.82) is 0 Å². The molecule has 1 aromatic heterocycles. The van der Waals surface area contributed by atoms with Crippen LogP contribution in [-0.2, 0) is 14.4 Å². The van der Waals surface area contributed by atoms with Crippen LogP contribution in [0, 0.1) is 0 Å². The molecule has 0 saturated heterocycles. The molecule has 0 unspecified atom stereocenters. The lowest BCUT2D eigenvalue weighted by Gasteiger charge is -2.32. The predicted octanol–water partition coefficient (Wildman–Crippen LogP) is 1.01. The topological polar surface area (TPSA) is 107 Å². The Balaban J connectivity index is 2.95. The molecule has 0 aromatic carbocycles. The van der Waals surface area contributed by atoms with Gasteiger partial charge in [0.1, 0.15) is 18.1 Å². The van der Waals surface area contributed by atoms with Gasteiger partial charge in [0.15, 0.2) is 0 Å². The number of thiophene rings is 1. The summed E-state index contributed by atoms with van der Waals surface area (Å²) in [6, 6.07) is 0.715. The van der Waals surface area contributed by atoms with E-state index < -0.39 is 36.0 Å². The summed E-state index contributed by atoms with van der Waals surface area (Å²) in [5, 5.41) is 22.8. The van der Waals surface area contributed by atoms with Crippen LogP contribution >= 0.6 is 11.3 Å². The van der Waals surface area contributed by atoms with Gasteiger partial charge in [-0.05, 0) is 38.3 Å². The van der Waals surface area contributed by atoms with Crippen molar-refractivity contribution in [2.75, 3.05) is 4.90 Å². The van der Waals surface area contributed by atoms with E-state index in [1.807, 2.05) is 0 Å². The quantitative estimate of drug-likeness (QED) is 0.693. The largest absolute Gasteiger partial charge is 0.480 e. The zero-order chi connectivity index (χ0) is 16.2. The van der Waals surface area contributed by atoms with Crippen molar-refractivity contribution in [3.63, 3.8) is 0 Å². The first-order chi connectivity index (χ1) is 9.75. The fourth-order valence-corrected chi connectivity index (χ4v) is 2.67. The Morgan fingerprint density at radius 2 is 1.76 bits per heavy atom. The number of anilines is 1. The summed E-state index contributed by atoms with van der Waals surface area (Å²) in [6.07, 6.45) is 0. The molecule has 0 fully saturated rings. The molecular formula is C13H18N2O5S. The summed E-state index contributed by atoms with van der Waals surface area (Å²) in [4.78, 5) is 35.6. The minimum Gasteiger partial charge on any atom is -0.480 e. The number of aliphatic carboxylic acids is 2. The van der Waals surface area contributed by atoms with E-state index in [0.717, 1.165) is 0 Å². The fourth-order valence-electron chi connectivity index (χ4n) is 1.77. The Bertz CT molecular complexity index is 517. The van der Waals surface area contributed by atoms with Crippen molar-refractivity contribution >= 4 is 34.2 Å². The van der Waals surface area contributed by atoms with Gasteiger partial charge < -0.3 is 20.4 Å². The van der Waals surface area contributed by atoms with Gasteiger partial charge in [-0.15, -0.1) is 11.3 Å². The van der Waals surface area contributed by atoms with E-state index in [1.54, 1.807) is 24.4 Å². The van der Waals surface area contributed by atoms with Gasteiger partial charge >= 0.3 is 11.9 Å². The molecule has 0 aliphatic carbocycles. The minimum atomic E-state index is -1.15. The number of rotatable bonds is 7. The van der Waals surface area contributed by atoms with Gasteiger partial charge in [0, 0.05) is 0 Å². The van der Waals surface area contributed by atoms with E-state index in [0.29, 0.717) is 5.00 Å². The van der Waals surface area contributed by atoms with Crippen molar-refractivity contribution < 1.29 is 24.6 Å². The average molecular weight is 314 g/mol. The third-order valence-corrected chi connectivity index (χ3v) is 3.94. The van der Waals surface area contributed by atoms with E-state index in [-0.39, 0.29) is 0 Å². The molecule has 3 N–H and O–H groups in total. The highest BCUT2D eigenvalue weighted by atomic mass is 32.1. The highest BCUT2D eigenvalue weighted by Crippen LogP contribution is 2.26. The molecule has 0 saturated carbocycles. The normalized spacial score (nSPS) is 14.8. The van der Waals surface area contributed by atoms with Crippen molar-refractivity contribution in [2.45, 2.75) is 38.9 Å². The van der Waals surface area contributed by atoms with Crippen LogP contribution in [0.3, 0.4) is 0 Å². The monoisotopic (exact) mass is 314 g/mol. The molecule has 8 heteroatoms. The molecule has 3 atom stereocenters. The number of nitrogens with zero attached hydrogens (tertiary/aromatic N) is 1. The Labute approximate surface area is 126 Å². The third-order valence-electron chi connectivity index (χ3n) is 3.06. The maximum absolute atomic E-state index is 12.1. The Hall–Kier alpha value is -2.09. The number of carbonyl (C=O) groups is 3. The fraction of sp³-hybridized carbons (Fsp3) is 0.462. The lowest BCUT2D eigenvalue weighted by molar-refractivity contribution is -0.142. The third kappa shape index (κ3) is 4.19. The second-order valence-electron chi connectivity index (χ2n) is 4.62.